The summed E-state index contributed by atoms with van der Waals surface area (Å²) in [4.78, 5) is 17.6. The highest BCUT2D eigenvalue weighted by atomic mass is 19.1. The number of ether oxygens (including phenoxy) is 2. The fraction of sp³-hybridized carbons (Fsp3) is 0.318. The van der Waals surface area contributed by atoms with Crippen molar-refractivity contribution in [3.8, 4) is 11.5 Å². The van der Waals surface area contributed by atoms with Crippen LogP contribution < -0.4 is 9.47 Å². The molecule has 0 aliphatic carbocycles. The van der Waals surface area contributed by atoms with Crippen molar-refractivity contribution in [1.29, 1.82) is 0 Å². The van der Waals surface area contributed by atoms with Crippen molar-refractivity contribution in [3.63, 3.8) is 0 Å². The van der Waals surface area contributed by atoms with Crippen LogP contribution in [0.25, 0.3) is 10.9 Å². The number of methoxy groups -OCH3 is 1. The van der Waals surface area contributed by atoms with E-state index in [4.69, 9.17) is 9.47 Å². The average Bonchev–Trinajstić information content (AvgIpc) is 3.06. The van der Waals surface area contributed by atoms with Crippen molar-refractivity contribution >= 4 is 16.8 Å². The highest BCUT2D eigenvalue weighted by molar-refractivity contribution is 5.98. The fourth-order valence-electron chi connectivity index (χ4n) is 3.64. The number of nitrogens with one attached hydrogen (secondary N) is 1. The molecule has 1 amide bonds. The van der Waals surface area contributed by atoms with E-state index in [1.54, 1.807) is 30.2 Å². The molecule has 2 N–H and O–H groups in total. The van der Waals surface area contributed by atoms with Crippen LogP contribution >= 0.6 is 0 Å². The lowest BCUT2D eigenvalue weighted by Crippen LogP contribution is -2.32. The molecule has 152 valence electrons. The molecule has 4 rings (SSSR count). The van der Waals surface area contributed by atoms with E-state index >= 15 is 0 Å². The molecule has 0 spiro atoms. The maximum absolute atomic E-state index is 13.4. The molecule has 0 unspecified atom stereocenters. The summed E-state index contributed by atoms with van der Waals surface area (Å²) in [5, 5.41) is 11.3. The van der Waals surface area contributed by atoms with Crippen LogP contribution in [0.1, 0.15) is 23.3 Å². The second-order valence-corrected chi connectivity index (χ2v) is 7.19. The average molecular weight is 398 g/mol. The number of nitrogens with zero attached hydrogens (tertiary/aromatic N) is 1. The van der Waals surface area contributed by atoms with E-state index in [9.17, 15) is 14.3 Å². The number of aromatic amines is 1. The van der Waals surface area contributed by atoms with Crippen LogP contribution in [0.5, 0.6) is 11.5 Å². The number of likely N-dealkylation sites (tertiary alicyclic amines) is 1. The predicted octanol–water partition coefficient (Wildman–Crippen LogP) is 3.36. The van der Waals surface area contributed by atoms with Gasteiger partial charge in [0.1, 0.15) is 29.1 Å². The van der Waals surface area contributed by atoms with Crippen LogP contribution in [-0.2, 0) is 0 Å². The lowest BCUT2D eigenvalue weighted by Gasteiger charge is -2.22. The molecule has 3 aromatic rings. The Morgan fingerprint density at radius 3 is 2.76 bits per heavy atom. The molecule has 0 saturated carbocycles. The van der Waals surface area contributed by atoms with Crippen molar-refractivity contribution < 1.29 is 23.8 Å². The van der Waals surface area contributed by atoms with Gasteiger partial charge in [-0.3, -0.25) is 4.79 Å². The highest BCUT2D eigenvalue weighted by Gasteiger charge is 2.29. The van der Waals surface area contributed by atoms with Gasteiger partial charge in [-0.05, 0) is 42.8 Å². The lowest BCUT2D eigenvalue weighted by atomic mass is 10.1. The summed E-state index contributed by atoms with van der Waals surface area (Å²) in [6.45, 7) is 0.871. The number of aromatic nitrogens is 1. The van der Waals surface area contributed by atoms with Crippen molar-refractivity contribution in [3.05, 3.63) is 60.0 Å². The Bertz CT molecular complexity index is 1020. The predicted molar refractivity (Wildman–Crippen MR) is 107 cm³/mol. The summed E-state index contributed by atoms with van der Waals surface area (Å²) in [5.74, 6) is 0.771. The maximum Gasteiger partial charge on any atom is 0.270 e. The minimum atomic E-state index is -0.684. The number of fused-ring (bicyclic) bond motifs is 1. The molecular formula is C22H23FN2O4. The van der Waals surface area contributed by atoms with Gasteiger partial charge in [0, 0.05) is 36.5 Å². The van der Waals surface area contributed by atoms with Crippen LogP contribution in [0.4, 0.5) is 4.39 Å². The van der Waals surface area contributed by atoms with Crippen molar-refractivity contribution in [1.82, 2.24) is 9.88 Å². The summed E-state index contributed by atoms with van der Waals surface area (Å²) >= 11 is 0. The molecule has 7 heteroatoms. The van der Waals surface area contributed by atoms with Gasteiger partial charge in [0.25, 0.3) is 5.91 Å². The van der Waals surface area contributed by atoms with E-state index in [0.29, 0.717) is 48.6 Å². The standard InChI is InChI=1S/C22H23FN2O4/c1-28-16-3-2-4-17(13-16)29-21-8-10-25(9-7-20(21)26)22(27)19-11-14-5-6-15(23)12-18(14)24-19/h2-6,11-13,20-21,24,26H,7-10H2,1H3/t20-,21-/m0/s1. The number of halogens is 1. The summed E-state index contributed by atoms with van der Waals surface area (Å²) in [6, 6.07) is 13.3. The van der Waals surface area contributed by atoms with E-state index in [1.165, 1.54) is 12.1 Å². The fourth-order valence-corrected chi connectivity index (χ4v) is 3.64. The molecule has 29 heavy (non-hydrogen) atoms. The number of benzene rings is 2. The van der Waals surface area contributed by atoms with Gasteiger partial charge in [-0.25, -0.2) is 4.39 Å². The SMILES string of the molecule is COc1cccc(O[C@H]2CCN(C(=O)c3cc4ccc(F)cc4[nH]3)CC[C@@H]2O)c1. The van der Waals surface area contributed by atoms with Gasteiger partial charge in [0.15, 0.2) is 0 Å². The summed E-state index contributed by atoms with van der Waals surface area (Å²) in [5.41, 5.74) is 0.995. The third-order valence-electron chi connectivity index (χ3n) is 5.24. The number of rotatable bonds is 4. The Hall–Kier alpha value is -3.06. The maximum atomic E-state index is 13.4. The number of hydrogen-bond donors (Lipinski definition) is 2. The topological polar surface area (TPSA) is 74.8 Å². The first-order valence-corrected chi connectivity index (χ1v) is 9.60. The molecule has 0 radical (unpaired) electrons. The molecule has 1 saturated heterocycles. The molecule has 2 atom stereocenters. The largest absolute Gasteiger partial charge is 0.497 e. The molecule has 1 aromatic heterocycles. The smallest absolute Gasteiger partial charge is 0.270 e. The van der Waals surface area contributed by atoms with Crippen LogP contribution in [-0.4, -0.2) is 53.3 Å². The first-order chi connectivity index (χ1) is 14.0. The number of carbonyl (C=O) groups is 1. The molecule has 1 fully saturated rings. The molecular weight excluding hydrogens is 375 g/mol. The third kappa shape index (κ3) is 4.19. The van der Waals surface area contributed by atoms with Gasteiger partial charge in [0.05, 0.1) is 13.2 Å². The Kier molecular flexibility index (Phi) is 5.40. The molecule has 2 heterocycles. The van der Waals surface area contributed by atoms with Gasteiger partial charge in [-0.15, -0.1) is 0 Å². The molecule has 1 aliphatic heterocycles. The normalized spacial score (nSPS) is 19.8. The summed E-state index contributed by atoms with van der Waals surface area (Å²) in [6.07, 6.45) is -0.193. The Balaban J connectivity index is 1.45. The van der Waals surface area contributed by atoms with Crippen molar-refractivity contribution in [2.45, 2.75) is 25.0 Å². The molecule has 1 aliphatic rings. The molecule has 2 aromatic carbocycles. The van der Waals surface area contributed by atoms with Gasteiger partial charge >= 0.3 is 0 Å². The van der Waals surface area contributed by atoms with E-state index in [2.05, 4.69) is 4.98 Å². The number of carbonyl (C=O) groups excluding carboxylic acids is 1. The van der Waals surface area contributed by atoms with E-state index in [0.717, 1.165) is 5.39 Å². The zero-order chi connectivity index (χ0) is 20.4. The highest BCUT2D eigenvalue weighted by Crippen LogP contribution is 2.24. The first-order valence-electron chi connectivity index (χ1n) is 9.60. The van der Waals surface area contributed by atoms with Crippen molar-refractivity contribution in [2.75, 3.05) is 20.2 Å². The summed E-state index contributed by atoms with van der Waals surface area (Å²) in [7, 11) is 1.58. The number of H-pyrrole nitrogens is 1. The van der Waals surface area contributed by atoms with Crippen LogP contribution in [0.2, 0.25) is 0 Å². The van der Waals surface area contributed by atoms with Crippen molar-refractivity contribution in [2.24, 2.45) is 0 Å². The second kappa shape index (κ2) is 8.13. The van der Waals surface area contributed by atoms with E-state index < -0.39 is 12.2 Å². The van der Waals surface area contributed by atoms with E-state index in [1.807, 2.05) is 18.2 Å². The molecule has 0 bridgehead atoms. The zero-order valence-corrected chi connectivity index (χ0v) is 16.1. The van der Waals surface area contributed by atoms with Gasteiger partial charge in [-0.2, -0.15) is 0 Å². The first kappa shape index (κ1) is 19.3. The van der Waals surface area contributed by atoms with Crippen LogP contribution in [0, 0.1) is 5.82 Å². The van der Waals surface area contributed by atoms with Gasteiger partial charge in [0.2, 0.25) is 0 Å². The van der Waals surface area contributed by atoms with Crippen LogP contribution in [0.15, 0.2) is 48.5 Å². The number of aliphatic hydroxyl groups is 1. The number of amides is 1. The Morgan fingerprint density at radius 2 is 1.93 bits per heavy atom. The van der Waals surface area contributed by atoms with E-state index in [-0.39, 0.29) is 11.7 Å². The monoisotopic (exact) mass is 398 g/mol. The second-order valence-electron chi connectivity index (χ2n) is 7.19. The number of aliphatic hydroxyl groups excluding tert-OH is 1. The number of hydrogen-bond acceptors (Lipinski definition) is 4. The lowest BCUT2D eigenvalue weighted by molar-refractivity contribution is 0.0349. The Labute approximate surface area is 167 Å². The zero-order valence-electron chi connectivity index (χ0n) is 16.1. The Morgan fingerprint density at radius 1 is 1.14 bits per heavy atom. The third-order valence-corrected chi connectivity index (χ3v) is 5.24. The van der Waals surface area contributed by atoms with Gasteiger partial charge in [-0.1, -0.05) is 6.07 Å². The summed E-state index contributed by atoms with van der Waals surface area (Å²) < 4.78 is 24.6. The quantitative estimate of drug-likeness (QED) is 0.707. The molecule has 6 nitrogen and oxygen atoms in total. The van der Waals surface area contributed by atoms with Gasteiger partial charge < -0.3 is 24.5 Å². The minimum Gasteiger partial charge on any atom is -0.497 e. The minimum absolute atomic E-state index is 0.171. The van der Waals surface area contributed by atoms with Crippen LogP contribution in [0.3, 0.4) is 0 Å².